The number of para-hydroxylation sites is 1. The third-order valence-corrected chi connectivity index (χ3v) is 2.46. The van der Waals surface area contributed by atoms with E-state index in [1.54, 1.807) is 0 Å². The van der Waals surface area contributed by atoms with Crippen LogP contribution in [-0.4, -0.2) is 45.2 Å². The van der Waals surface area contributed by atoms with Crippen LogP contribution >= 0.6 is 0 Å². The van der Waals surface area contributed by atoms with Crippen LogP contribution in [0.15, 0.2) is 24.3 Å². The molecule has 1 N–H and O–H groups in total. The summed E-state index contributed by atoms with van der Waals surface area (Å²) in [5.74, 6) is -0.121. The average Bonchev–Trinajstić information content (AvgIpc) is 2.32. The van der Waals surface area contributed by atoms with Crippen molar-refractivity contribution >= 4 is 0 Å². The van der Waals surface area contributed by atoms with Gasteiger partial charge in [-0.2, -0.15) is 13.2 Å². The summed E-state index contributed by atoms with van der Waals surface area (Å²) in [5, 5.41) is 3.10. The largest absolute Gasteiger partial charge is 0.492 e. The molecule has 0 unspecified atom stereocenters. The molecular formula is C13H19F3N2O. The van der Waals surface area contributed by atoms with Gasteiger partial charge in [0.1, 0.15) is 12.4 Å². The van der Waals surface area contributed by atoms with Crippen LogP contribution in [-0.2, 0) is 6.18 Å². The van der Waals surface area contributed by atoms with Gasteiger partial charge in [-0.1, -0.05) is 12.1 Å². The van der Waals surface area contributed by atoms with E-state index in [9.17, 15) is 13.2 Å². The molecule has 0 atom stereocenters. The molecule has 0 aliphatic rings. The minimum Gasteiger partial charge on any atom is -0.492 e. The van der Waals surface area contributed by atoms with Gasteiger partial charge in [-0.3, -0.25) is 0 Å². The second kappa shape index (κ2) is 7.35. The summed E-state index contributed by atoms with van der Waals surface area (Å²) in [6.07, 6.45) is -4.38. The van der Waals surface area contributed by atoms with Crippen molar-refractivity contribution in [1.29, 1.82) is 0 Å². The molecule has 0 aromatic heterocycles. The first-order chi connectivity index (χ1) is 8.91. The maximum atomic E-state index is 12.7. The first-order valence-corrected chi connectivity index (χ1v) is 6.05. The van der Waals surface area contributed by atoms with Gasteiger partial charge in [-0.25, -0.2) is 0 Å². The van der Waals surface area contributed by atoms with Crippen LogP contribution in [0.1, 0.15) is 5.56 Å². The first kappa shape index (κ1) is 15.8. The Morgan fingerprint density at radius 2 is 1.84 bits per heavy atom. The average molecular weight is 276 g/mol. The van der Waals surface area contributed by atoms with E-state index in [4.69, 9.17) is 4.74 Å². The molecule has 3 nitrogen and oxygen atoms in total. The number of benzene rings is 1. The molecule has 0 radical (unpaired) electrons. The minimum atomic E-state index is -4.38. The Morgan fingerprint density at radius 3 is 2.47 bits per heavy atom. The fraction of sp³-hybridized carbons (Fsp3) is 0.538. The highest BCUT2D eigenvalue weighted by Gasteiger charge is 2.33. The van der Waals surface area contributed by atoms with Gasteiger partial charge in [-0.05, 0) is 26.2 Å². The van der Waals surface area contributed by atoms with E-state index in [-0.39, 0.29) is 12.4 Å². The Balaban J connectivity index is 2.37. The number of likely N-dealkylation sites (N-methyl/N-ethyl adjacent to an activating group) is 1. The maximum Gasteiger partial charge on any atom is 0.419 e. The van der Waals surface area contributed by atoms with Crippen molar-refractivity contribution in [3.8, 4) is 5.75 Å². The van der Waals surface area contributed by atoms with Crippen LogP contribution in [0.3, 0.4) is 0 Å². The highest BCUT2D eigenvalue weighted by atomic mass is 19.4. The number of halogens is 3. The van der Waals surface area contributed by atoms with Gasteiger partial charge in [0.15, 0.2) is 0 Å². The second-order valence-corrected chi connectivity index (χ2v) is 4.40. The Kier molecular flexibility index (Phi) is 6.11. The Bertz CT molecular complexity index is 380. The summed E-state index contributed by atoms with van der Waals surface area (Å²) < 4.78 is 43.2. The van der Waals surface area contributed by atoms with Crippen molar-refractivity contribution in [2.45, 2.75) is 6.18 Å². The number of ether oxygens (including phenoxy) is 1. The molecule has 0 amide bonds. The van der Waals surface area contributed by atoms with Gasteiger partial charge in [0.25, 0.3) is 0 Å². The molecule has 19 heavy (non-hydrogen) atoms. The van der Waals surface area contributed by atoms with E-state index in [1.165, 1.54) is 18.2 Å². The van der Waals surface area contributed by atoms with Crippen molar-refractivity contribution in [2.75, 3.05) is 40.3 Å². The van der Waals surface area contributed by atoms with Crippen LogP contribution < -0.4 is 10.1 Å². The SMILES string of the molecule is CN(C)CCNCCOc1ccccc1C(F)(F)F. The highest BCUT2D eigenvalue weighted by molar-refractivity contribution is 5.35. The number of hydrogen-bond donors (Lipinski definition) is 1. The monoisotopic (exact) mass is 276 g/mol. The Morgan fingerprint density at radius 1 is 1.16 bits per heavy atom. The molecule has 108 valence electrons. The lowest BCUT2D eigenvalue weighted by Crippen LogP contribution is -2.29. The number of hydrogen-bond acceptors (Lipinski definition) is 3. The number of rotatable bonds is 7. The minimum absolute atomic E-state index is 0.121. The zero-order chi connectivity index (χ0) is 14.3. The molecule has 1 aromatic carbocycles. The standard InChI is InChI=1S/C13H19F3N2O/c1-18(2)9-7-17-8-10-19-12-6-4-3-5-11(12)13(14,15)16/h3-6,17H,7-10H2,1-2H3. The third-order valence-electron chi connectivity index (χ3n) is 2.46. The molecule has 0 saturated carbocycles. The topological polar surface area (TPSA) is 24.5 Å². The molecular weight excluding hydrogens is 257 g/mol. The van der Waals surface area contributed by atoms with Crippen LogP contribution in [0.2, 0.25) is 0 Å². The normalized spacial score (nSPS) is 11.9. The predicted molar refractivity (Wildman–Crippen MR) is 68.4 cm³/mol. The zero-order valence-corrected chi connectivity index (χ0v) is 11.1. The van der Waals surface area contributed by atoms with E-state index in [1.807, 2.05) is 19.0 Å². The molecule has 0 fully saturated rings. The molecule has 0 bridgehead atoms. The predicted octanol–water partition coefficient (Wildman–Crippen LogP) is 2.24. The van der Waals surface area contributed by atoms with E-state index in [2.05, 4.69) is 5.32 Å². The van der Waals surface area contributed by atoms with Crippen molar-refractivity contribution < 1.29 is 17.9 Å². The van der Waals surface area contributed by atoms with Gasteiger partial charge in [0, 0.05) is 19.6 Å². The summed E-state index contributed by atoms with van der Waals surface area (Å²) in [6.45, 7) is 2.37. The molecule has 0 heterocycles. The third kappa shape index (κ3) is 5.94. The molecule has 0 aliphatic carbocycles. The van der Waals surface area contributed by atoms with Crippen LogP contribution in [0.5, 0.6) is 5.75 Å². The highest BCUT2D eigenvalue weighted by Crippen LogP contribution is 2.35. The molecule has 1 aromatic rings. The number of nitrogens with one attached hydrogen (secondary N) is 1. The van der Waals surface area contributed by atoms with Gasteiger partial charge in [-0.15, -0.1) is 0 Å². The number of nitrogens with zero attached hydrogens (tertiary/aromatic N) is 1. The zero-order valence-electron chi connectivity index (χ0n) is 11.1. The Hall–Kier alpha value is -1.27. The van der Waals surface area contributed by atoms with Gasteiger partial charge < -0.3 is 15.0 Å². The van der Waals surface area contributed by atoms with Crippen molar-refractivity contribution in [1.82, 2.24) is 10.2 Å². The first-order valence-electron chi connectivity index (χ1n) is 6.05. The smallest absolute Gasteiger partial charge is 0.419 e. The van der Waals surface area contributed by atoms with E-state index >= 15 is 0 Å². The van der Waals surface area contributed by atoms with Gasteiger partial charge in [0.2, 0.25) is 0 Å². The molecule has 6 heteroatoms. The summed E-state index contributed by atoms with van der Waals surface area (Å²) in [5.41, 5.74) is -0.733. The van der Waals surface area contributed by atoms with E-state index < -0.39 is 11.7 Å². The summed E-state index contributed by atoms with van der Waals surface area (Å²) in [4.78, 5) is 2.02. The quantitative estimate of drug-likeness (QED) is 0.773. The lowest BCUT2D eigenvalue weighted by Gasteiger charge is -2.14. The lowest BCUT2D eigenvalue weighted by atomic mass is 10.2. The lowest BCUT2D eigenvalue weighted by molar-refractivity contribution is -0.138. The van der Waals surface area contributed by atoms with Crippen molar-refractivity contribution in [2.24, 2.45) is 0 Å². The second-order valence-electron chi connectivity index (χ2n) is 4.40. The summed E-state index contributed by atoms with van der Waals surface area (Å²) in [6, 6.07) is 5.24. The van der Waals surface area contributed by atoms with Crippen LogP contribution in [0, 0.1) is 0 Å². The molecule has 0 saturated heterocycles. The molecule has 1 rings (SSSR count). The van der Waals surface area contributed by atoms with Gasteiger partial charge in [0.05, 0.1) is 5.56 Å². The molecule has 0 spiro atoms. The van der Waals surface area contributed by atoms with E-state index in [0.29, 0.717) is 6.54 Å². The maximum absolute atomic E-state index is 12.7. The van der Waals surface area contributed by atoms with Crippen molar-refractivity contribution in [3.05, 3.63) is 29.8 Å². The van der Waals surface area contributed by atoms with Crippen LogP contribution in [0.4, 0.5) is 13.2 Å². The van der Waals surface area contributed by atoms with E-state index in [0.717, 1.165) is 19.2 Å². The van der Waals surface area contributed by atoms with Gasteiger partial charge >= 0.3 is 6.18 Å². The number of alkyl halides is 3. The fourth-order valence-electron chi connectivity index (χ4n) is 1.49. The fourth-order valence-corrected chi connectivity index (χ4v) is 1.49. The Labute approximate surface area is 111 Å². The molecule has 0 aliphatic heterocycles. The summed E-state index contributed by atoms with van der Waals surface area (Å²) >= 11 is 0. The summed E-state index contributed by atoms with van der Waals surface area (Å²) in [7, 11) is 3.91. The van der Waals surface area contributed by atoms with Crippen LogP contribution in [0.25, 0.3) is 0 Å². The van der Waals surface area contributed by atoms with Crippen molar-refractivity contribution in [3.63, 3.8) is 0 Å².